The van der Waals surface area contributed by atoms with Crippen LogP contribution in [0.5, 0.6) is 0 Å². The Morgan fingerprint density at radius 2 is 1.50 bits per heavy atom. The molecule has 0 amide bonds. The van der Waals surface area contributed by atoms with Gasteiger partial charge in [0.15, 0.2) is 5.25 Å². The lowest BCUT2D eigenvalue weighted by Crippen LogP contribution is -2.45. The monoisotopic (exact) mass is 290 g/mol. The van der Waals surface area contributed by atoms with Gasteiger partial charge in [-0.05, 0) is 26.7 Å². The lowest BCUT2D eigenvalue weighted by atomic mass is 10.1. The second-order valence-corrected chi connectivity index (χ2v) is 7.25. The summed E-state index contributed by atoms with van der Waals surface area (Å²) < 4.78 is 64.6. The Kier molecular flexibility index (Phi) is 4.84. The molecule has 0 N–H and O–H groups in total. The zero-order valence-corrected chi connectivity index (χ0v) is 11.6. The van der Waals surface area contributed by atoms with E-state index in [1.165, 1.54) is 34.6 Å². The van der Waals surface area contributed by atoms with Gasteiger partial charge in [0.25, 0.3) is 9.84 Å². The van der Waals surface area contributed by atoms with Crippen LogP contribution in [0.25, 0.3) is 0 Å². The van der Waals surface area contributed by atoms with Crippen molar-refractivity contribution in [2.24, 2.45) is 5.92 Å². The maximum atomic E-state index is 12.4. The Labute approximate surface area is 104 Å². The lowest BCUT2D eigenvalue weighted by Gasteiger charge is -2.26. The van der Waals surface area contributed by atoms with Gasteiger partial charge < -0.3 is 4.74 Å². The van der Waals surface area contributed by atoms with Crippen LogP contribution >= 0.6 is 0 Å². The molecule has 0 heterocycles. The molecule has 4 nitrogen and oxygen atoms in total. The highest BCUT2D eigenvalue weighted by Gasteiger charge is 2.55. The summed E-state index contributed by atoms with van der Waals surface area (Å²) in [6, 6.07) is 0. The van der Waals surface area contributed by atoms with Gasteiger partial charge in [0, 0.05) is 0 Å². The smallest absolute Gasteiger partial charge is 0.459 e. The van der Waals surface area contributed by atoms with Gasteiger partial charge in [-0.3, -0.25) is 4.79 Å². The first-order valence-electron chi connectivity index (χ1n) is 5.23. The molecular weight excluding hydrogens is 273 g/mol. The molecule has 0 saturated carbocycles. The van der Waals surface area contributed by atoms with Gasteiger partial charge >= 0.3 is 11.5 Å². The molecule has 0 unspecified atom stereocenters. The molecule has 0 aromatic heterocycles. The Morgan fingerprint density at radius 3 is 1.72 bits per heavy atom. The van der Waals surface area contributed by atoms with E-state index in [0.717, 1.165) is 0 Å². The van der Waals surface area contributed by atoms with E-state index in [2.05, 4.69) is 0 Å². The molecule has 0 aliphatic carbocycles. The molecule has 18 heavy (non-hydrogen) atoms. The Bertz CT molecular complexity index is 404. The van der Waals surface area contributed by atoms with Crippen LogP contribution in [0.15, 0.2) is 0 Å². The van der Waals surface area contributed by atoms with Gasteiger partial charge in [0.05, 0.1) is 0 Å². The number of esters is 1. The van der Waals surface area contributed by atoms with Crippen molar-refractivity contribution in [3.05, 3.63) is 0 Å². The second kappa shape index (κ2) is 5.07. The van der Waals surface area contributed by atoms with Crippen molar-refractivity contribution in [3.8, 4) is 0 Å². The van der Waals surface area contributed by atoms with Crippen molar-refractivity contribution in [1.29, 1.82) is 0 Å². The molecule has 0 bridgehead atoms. The molecule has 0 spiro atoms. The third kappa shape index (κ3) is 4.15. The molecule has 108 valence electrons. The molecule has 0 radical (unpaired) electrons. The van der Waals surface area contributed by atoms with E-state index in [1.807, 2.05) is 0 Å². The number of ether oxygens (including phenoxy) is 1. The van der Waals surface area contributed by atoms with E-state index in [1.54, 1.807) is 0 Å². The zero-order chi connectivity index (χ0) is 14.9. The average Bonchev–Trinajstić information content (AvgIpc) is 1.94. The predicted molar refractivity (Wildman–Crippen MR) is 59.4 cm³/mol. The van der Waals surface area contributed by atoms with Crippen molar-refractivity contribution in [2.45, 2.75) is 51.0 Å². The molecule has 0 aromatic rings. The van der Waals surface area contributed by atoms with Crippen molar-refractivity contribution in [1.82, 2.24) is 0 Å². The van der Waals surface area contributed by atoms with Gasteiger partial charge in [-0.15, -0.1) is 0 Å². The van der Waals surface area contributed by atoms with Gasteiger partial charge in [-0.1, -0.05) is 13.8 Å². The fourth-order valence-electron chi connectivity index (χ4n) is 1.26. The van der Waals surface area contributed by atoms with E-state index in [0.29, 0.717) is 0 Å². The molecular formula is C10H17F3O4S. The first-order chi connectivity index (χ1) is 7.70. The van der Waals surface area contributed by atoms with Crippen LogP contribution < -0.4 is 0 Å². The van der Waals surface area contributed by atoms with Crippen LogP contribution in [0.1, 0.15) is 34.6 Å². The number of hydrogen-bond donors (Lipinski definition) is 0. The van der Waals surface area contributed by atoms with Crippen LogP contribution in [0, 0.1) is 5.92 Å². The van der Waals surface area contributed by atoms with Crippen molar-refractivity contribution in [3.63, 3.8) is 0 Å². The zero-order valence-electron chi connectivity index (χ0n) is 10.8. The SMILES string of the molecule is CC(C)[C@H](C(=O)OC(C)(C)C)S(=O)(=O)C(F)(F)F. The third-order valence-corrected chi connectivity index (χ3v) is 3.95. The minimum absolute atomic E-state index is 1.04. The maximum absolute atomic E-state index is 12.4. The number of hydrogen-bond acceptors (Lipinski definition) is 4. The van der Waals surface area contributed by atoms with Crippen LogP contribution in [0.2, 0.25) is 0 Å². The first kappa shape index (κ1) is 17.2. The van der Waals surface area contributed by atoms with E-state index in [4.69, 9.17) is 4.74 Å². The molecule has 0 saturated heterocycles. The summed E-state index contributed by atoms with van der Waals surface area (Å²) in [6.07, 6.45) is 0. The molecule has 0 fully saturated rings. The third-order valence-electron chi connectivity index (χ3n) is 1.90. The van der Waals surface area contributed by atoms with Crippen molar-refractivity contribution < 1.29 is 31.1 Å². The van der Waals surface area contributed by atoms with E-state index >= 15 is 0 Å². The average molecular weight is 290 g/mol. The molecule has 8 heteroatoms. The fourth-order valence-corrected chi connectivity index (χ4v) is 2.57. The normalized spacial score (nSPS) is 15.6. The molecule has 0 aliphatic rings. The summed E-state index contributed by atoms with van der Waals surface area (Å²) in [4.78, 5) is 11.6. The molecule has 0 aliphatic heterocycles. The van der Waals surface area contributed by atoms with Crippen LogP contribution in [-0.2, 0) is 19.4 Å². The van der Waals surface area contributed by atoms with Crippen molar-refractivity contribution in [2.75, 3.05) is 0 Å². The Balaban J connectivity index is 5.44. The summed E-state index contributed by atoms with van der Waals surface area (Å²) in [5, 5.41) is -2.24. The number of sulfone groups is 1. The summed E-state index contributed by atoms with van der Waals surface area (Å²) in [7, 11) is -5.58. The number of halogens is 3. The summed E-state index contributed by atoms with van der Waals surface area (Å²) in [6.45, 7) is 6.78. The first-order valence-corrected chi connectivity index (χ1v) is 6.78. The van der Waals surface area contributed by atoms with Crippen molar-refractivity contribution >= 4 is 15.8 Å². The minimum atomic E-state index is -5.58. The highest BCUT2D eigenvalue weighted by molar-refractivity contribution is 7.93. The number of alkyl halides is 3. The molecule has 0 aromatic carbocycles. The molecule has 0 rings (SSSR count). The Hall–Kier alpha value is -0.790. The van der Waals surface area contributed by atoms with Gasteiger partial charge in [-0.25, -0.2) is 8.42 Å². The van der Waals surface area contributed by atoms with E-state index in [-0.39, 0.29) is 0 Å². The van der Waals surface area contributed by atoms with E-state index in [9.17, 15) is 26.4 Å². The number of carbonyl (C=O) groups excluding carboxylic acids is 1. The fraction of sp³-hybridized carbons (Fsp3) is 0.900. The van der Waals surface area contributed by atoms with Gasteiger partial charge in [-0.2, -0.15) is 13.2 Å². The molecule has 1 atom stereocenters. The standard InChI is InChI=1S/C10H17F3O4S/c1-6(2)7(8(14)17-9(3,4)5)18(15,16)10(11,12)13/h6-7H,1-5H3/t7-/m1/s1. The second-order valence-electron chi connectivity index (χ2n) is 5.19. The predicted octanol–water partition coefficient (Wildman–Crippen LogP) is 2.29. The van der Waals surface area contributed by atoms with Crippen LogP contribution in [0.3, 0.4) is 0 Å². The quantitative estimate of drug-likeness (QED) is 0.748. The van der Waals surface area contributed by atoms with Gasteiger partial charge in [0.1, 0.15) is 5.60 Å². The number of carbonyl (C=O) groups is 1. The summed E-state index contributed by atoms with van der Waals surface area (Å²) in [5.74, 6) is -2.42. The highest BCUT2D eigenvalue weighted by atomic mass is 32.2. The minimum Gasteiger partial charge on any atom is -0.459 e. The maximum Gasteiger partial charge on any atom is 0.498 e. The number of rotatable bonds is 3. The largest absolute Gasteiger partial charge is 0.498 e. The Morgan fingerprint density at radius 1 is 1.11 bits per heavy atom. The van der Waals surface area contributed by atoms with Crippen LogP contribution in [-0.4, -0.2) is 30.7 Å². The van der Waals surface area contributed by atoms with E-state index < -0.39 is 38.1 Å². The van der Waals surface area contributed by atoms with Gasteiger partial charge in [0.2, 0.25) is 0 Å². The van der Waals surface area contributed by atoms with Crippen LogP contribution in [0.4, 0.5) is 13.2 Å². The summed E-state index contributed by atoms with van der Waals surface area (Å²) >= 11 is 0. The summed E-state index contributed by atoms with van der Waals surface area (Å²) in [5.41, 5.74) is -6.52. The lowest BCUT2D eigenvalue weighted by molar-refractivity contribution is -0.155. The highest BCUT2D eigenvalue weighted by Crippen LogP contribution is 2.31. The topological polar surface area (TPSA) is 60.4 Å².